The van der Waals surface area contributed by atoms with Crippen molar-refractivity contribution in [1.82, 2.24) is 16.0 Å². The summed E-state index contributed by atoms with van der Waals surface area (Å²) < 4.78 is 10.9. The first-order chi connectivity index (χ1) is 12.3. The van der Waals surface area contributed by atoms with Crippen LogP contribution in [0.2, 0.25) is 0 Å². The number of benzene rings is 1. The van der Waals surface area contributed by atoms with Crippen LogP contribution in [0.15, 0.2) is 29.3 Å². The van der Waals surface area contributed by atoms with Gasteiger partial charge in [-0.1, -0.05) is 18.2 Å². The lowest BCUT2D eigenvalue weighted by molar-refractivity contribution is 0.0527. The molecule has 7 heteroatoms. The standard InChI is InChI=1S/C19H32N4O3/c1-15-9-6-7-10-16(15)25-14-13-22-17(20-5)21-11-8-12-23-18(24)26-19(2,3)4/h6-7,9-10H,8,11-14H2,1-5H3,(H,23,24)(H2,20,21,22). The molecule has 1 amide bonds. The van der Waals surface area contributed by atoms with Crippen molar-refractivity contribution in [2.24, 2.45) is 4.99 Å². The van der Waals surface area contributed by atoms with Crippen LogP contribution in [0.1, 0.15) is 32.8 Å². The SMILES string of the molecule is CN=C(NCCCNC(=O)OC(C)(C)C)NCCOc1ccccc1C. The van der Waals surface area contributed by atoms with Crippen LogP contribution >= 0.6 is 0 Å². The van der Waals surface area contributed by atoms with Gasteiger partial charge in [0, 0.05) is 20.1 Å². The number of hydrogen-bond donors (Lipinski definition) is 3. The lowest BCUT2D eigenvalue weighted by Crippen LogP contribution is -2.40. The van der Waals surface area contributed by atoms with Crippen molar-refractivity contribution in [3.63, 3.8) is 0 Å². The fraction of sp³-hybridized carbons (Fsp3) is 0.579. The summed E-state index contributed by atoms with van der Waals surface area (Å²) in [7, 11) is 1.72. The number of rotatable bonds is 8. The summed E-state index contributed by atoms with van der Waals surface area (Å²) in [5.74, 6) is 1.60. The van der Waals surface area contributed by atoms with Gasteiger partial charge in [0.05, 0.1) is 6.54 Å². The molecule has 0 saturated heterocycles. The van der Waals surface area contributed by atoms with Gasteiger partial charge in [0.2, 0.25) is 0 Å². The van der Waals surface area contributed by atoms with Crippen LogP contribution in [-0.2, 0) is 4.74 Å². The Hall–Kier alpha value is -2.44. The Morgan fingerprint density at radius 1 is 1.08 bits per heavy atom. The van der Waals surface area contributed by atoms with E-state index >= 15 is 0 Å². The summed E-state index contributed by atoms with van der Waals surface area (Å²) in [6.45, 7) is 9.96. The Morgan fingerprint density at radius 3 is 2.38 bits per heavy atom. The molecule has 1 aromatic carbocycles. The van der Waals surface area contributed by atoms with Crippen molar-refractivity contribution >= 4 is 12.1 Å². The number of nitrogens with zero attached hydrogens (tertiary/aromatic N) is 1. The Morgan fingerprint density at radius 2 is 1.73 bits per heavy atom. The molecular weight excluding hydrogens is 332 g/mol. The molecular formula is C19H32N4O3. The van der Waals surface area contributed by atoms with Crippen molar-refractivity contribution in [2.45, 2.75) is 39.7 Å². The number of para-hydroxylation sites is 1. The molecule has 0 unspecified atom stereocenters. The first-order valence-corrected chi connectivity index (χ1v) is 8.91. The highest BCUT2D eigenvalue weighted by Crippen LogP contribution is 2.15. The van der Waals surface area contributed by atoms with E-state index in [9.17, 15) is 4.79 Å². The lowest BCUT2D eigenvalue weighted by atomic mass is 10.2. The van der Waals surface area contributed by atoms with Gasteiger partial charge in [-0.2, -0.15) is 0 Å². The first kappa shape index (κ1) is 21.6. The van der Waals surface area contributed by atoms with Gasteiger partial charge in [-0.15, -0.1) is 0 Å². The summed E-state index contributed by atoms with van der Waals surface area (Å²) in [6.07, 6.45) is 0.369. The highest BCUT2D eigenvalue weighted by Gasteiger charge is 2.15. The van der Waals surface area contributed by atoms with Crippen LogP contribution in [0.5, 0.6) is 5.75 Å². The fourth-order valence-electron chi connectivity index (χ4n) is 2.07. The van der Waals surface area contributed by atoms with E-state index in [-0.39, 0.29) is 0 Å². The zero-order valence-electron chi connectivity index (χ0n) is 16.5. The Balaban J connectivity index is 2.12. The molecule has 26 heavy (non-hydrogen) atoms. The third-order valence-corrected chi connectivity index (χ3v) is 3.28. The molecule has 0 saturated carbocycles. The van der Waals surface area contributed by atoms with Crippen LogP contribution in [0.25, 0.3) is 0 Å². The van der Waals surface area contributed by atoms with E-state index < -0.39 is 11.7 Å². The van der Waals surface area contributed by atoms with Gasteiger partial charge in [0.1, 0.15) is 18.0 Å². The number of aliphatic imine (C=N–C) groups is 1. The molecule has 0 heterocycles. The molecule has 0 fully saturated rings. The van der Waals surface area contributed by atoms with E-state index in [0.29, 0.717) is 32.2 Å². The van der Waals surface area contributed by atoms with Gasteiger partial charge >= 0.3 is 6.09 Å². The minimum Gasteiger partial charge on any atom is -0.491 e. The Labute approximate surface area is 156 Å². The maximum atomic E-state index is 11.5. The molecule has 0 aromatic heterocycles. The van der Waals surface area contributed by atoms with Crippen LogP contribution in [-0.4, -0.2) is 50.9 Å². The zero-order chi connectivity index (χ0) is 19.4. The number of ether oxygens (including phenoxy) is 2. The van der Waals surface area contributed by atoms with E-state index in [1.54, 1.807) is 7.05 Å². The van der Waals surface area contributed by atoms with Gasteiger partial charge in [-0.05, 0) is 45.7 Å². The molecule has 1 aromatic rings. The van der Waals surface area contributed by atoms with Gasteiger partial charge in [-0.25, -0.2) is 4.79 Å². The second-order valence-corrected chi connectivity index (χ2v) is 6.82. The average Bonchev–Trinajstić information content (AvgIpc) is 2.56. The normalized spacial score (nSPS) is 11.7. The number of hydrogen-bond acceptors (Lipinski definition) is 4. The number of carbonyl (C=O) groups excluding carboxylic acids is 1. The molecule has 0 aliphatic rings. The second kappa shape index (κ2) is 11.2. The summed E-state index contributed by atoms with van der Waals surface area (Å²) in [5, 5.41) is 9.11. The zero-order valence-corrected chi connectivity index (χ0v) is 16.5. The molecule has 0 atom stereocenters. The summed E-state index contributed by atoms with van der Waals surface area (Å²) in [6, 6.07) is 7.93. The number of guanidine groups is 1. The predicted molar refractivity (Wildman–Crippen MR) is 105 cm³/mol. The maximum absolute atomic E-state index is 11.5. The van der Waals surface area contributed by atoms with E-state index in [0.717, 1.165) is 17.7 Å². The van der Waals surface area contributed by atoms with Gasteiger partial charge in [-0.3, -0.25) is 4.99 Å². The van der Waals surface area contributed by atoms with Crippen molar-refractivity contribution in [2.75, 3.05) is 33.3 Å². The van der Waals surface area contributed by atoms with E-state index in [2.05, 4.69) is 20.9 Å². The van der Waals surface area contributed by atoms with E-state index in [4.69, 9.17) is 9.47 Å². The maximum Gasteiger partial charge on any atom is 0.407 e. The van der Waals surface area contributed by atoms with Gasteiger partial charge in [0.25, 0.3) is 0 Å². The molecule has 0 aliphatic carbocycles. The smallest absolute Gasteiger partial charge is 0.407 e. The molecule has 7 nitrogen and oxygen atoms in total. The summed E-state index contributed by atoms with van der Waals surface area (Å²) in [4.78, 5) is 15.7. The molecule has 146 valence electrons. The van der Waals surface area contributed by atoms with Crippen LogP contribution in [0, 0.1) is 6.92 Å². The molecule has 0 spiro atoms. The highest BCUT2D eigenvalue weighted by molar-refractivity contribution is 5.79. The highest BCUT2D eigenvalue weighted by atomic mass is 16.6. The Bertz CT molecular complexity index is 582. The molecule has 0 aliphatic heterocycles. The predicted octanol–water partition coefficient (Wildman–Crippen LogP) is 2.45. The van der Waals surface area contributed by atoms with Crippen LogP contribution in [0.3, 0.4) is 0 Å². The first-order valence-electron chi connectivity index (χ1n) is 8.91. The van der Waals surface area contributed by atoms with Crippen molar-refractivity contribution in [1.29, 1.82) is 0 Å². The minimum absolute atomic E-state index is 0.395. The van der Waals surface area contributed by atoms with Crippen molar-refractivity contribution in [3.05, 3.63) is 29.8 Å². The molecule has 3 N–H and O–H groups in total. The summed E-state index contributed by atoms with van der Waals surface area (Å²) in [5.41, 5.74) is 0.641. The molecule has 0 radical (unpaired) electrons. The fourth-order valence-corrected chi connectivity index (χ4v) is 2.07. The average molecular weight is 364 g/mol. The number of carbonyl (C=O) groups is 1. The summed E-state index contributed by atoms with van der Waals surface area (Å²) >= 11 is 0. The topological polar surface area (TPSA) is 84.0 Å². The number of nitrogens with one attached hydrogen (secondary N) is 3. The third kappa shape index (κ3) is 9.76. The molecule has 0 bridgehead atoms. The monoisotopic (exact) mass is 364 g/mol. The minimum atomic E-state index is -0.478. The number of aryl methyl sites for hydroxylation is 1. The van der Waals surface area contributed by atoms with Crippen LogP contribution < -0.4 is 20.7 Å². The number of amides is 1. The second-order valence-electron chi connectivity index (χ2n) is 6.82. The van der Waals surface area contributed by atoms with Crippen LogP contribution in [0.4, 0.5) is 4.79 Å². The third-order valence-electron chi connectivity index (χ3n) is 3.28. The van der Waals surface area contributed by atoms with Crippen molar-refractivity contribution < 1.29 is 14.3 Å². The number of alkyl carbamates (subject to hydrolysis) is 1. The van der Waals surface area contributed by atoms with Gasteiger partial charge < -0.3 is 25.4 Å². The Kier molecular flexibility index (Phi) is 9.33. The van der Waals surface area contributed by atoms with E-state index in [1.807, 2.05) is 52.0 Å². The lowest BCUT2D eigenvalue weighted by Gasteiger charge is -2.19. The van der Waals surface area contributed by atoms with E-state index in [1.165, 1.54) is 0 Å². The largest absolute Gasteiger partial charge is 0.491 e. The quantitative estimate of drug-likeness (QED) is 0.375. The van der Waals surface area contributed by atoms with Gasteiger partial charge in [0.15, 0.2) is 5.96 Å². The van der Waals surface area contributed by atoms with Crippen molar-refractivity contribution in [3.8, 4) is 5.75 Å². The molecule has 1 rings (SSSR count).